The molecule has 2 aromatic carbocycles. The third kappa shape index (κ3) is 3.06. The van der Waals surface area contributed by atoms with Gasteiger partial charge in [0.1, 0.15) is 11.6 Å². The molecular formula is C18H15FN2O. The van der Waals surface area contributed by atoms with Gasteiger partial charge < -0.3 is 10.5 Å². The second kappa shape index (κ2) is 5.85. The predicted octanol–water partition coefficient (Wildman–Crippen LogP) is 4.57. The molecule has 0 bridgehead atoms. The molecule has 0 aliphatic heterocycles. The zero-order valence-corrected chi connectivity index (χ0v) is 12.1. The van der Waals surface area contributed by atoms with Crippen LogP contribution in [-0.2, 0) is 0 Å². The average molecular weight is 294 g/mol. The van der Waals surface area contributed by atoms with E-state index in [0.29, 0.717) is 17.3 Å². The summed E-state index contributed by atoms with van der Waals surface area (Å²) in [7, 11) is 0. The second-order valence-electron chi connectivity index (χ2n) is 4.96. The van der Waals surface area contributed by atoms with E-state index < -0.39 is 0 Å². The van der Waals surface area contributed by atoms with Crippen molar-refractivity contribution in [1.29, 1.82) is 0 Å². The zero-order chi connectivity index (χ0) is 15.5. The Morgan fingerprint density at radius 3 is 2.05 bits per heavy atom. The number of halogens is 1. The van der Waals surface area contributed by atoms with E-state index in [-0.39, 0.29) is 5.82 Å². The number of rotatable bonds is 3. The minimum absolute atomic E-state index is 0.242. The number of hydrogen-bond donors (Lipinski definition) is 1. The number of pyridine rings is 1. The molecule has 3 rings (SSSR count). The highest BCUT2D eigenvalue weighted by atomic mass is 19.1. The van der Waals surface area contributed by atoms with Gasteiger partial charge in [0.25, 0.3) is 0 Å². The Kier molecular flexibility index (Phi) is 3.74. The molecule has 0 saturated carbocycles. The molecule has 0 fully saturated rings. The highest BCUT2D eigenvalue weighted by Gasteiger charge is 2.03. The van der Waals surface area contributed by atoms with Gasteiger partial charge in [0.15, 0.2) is 0 Å². The van der Waals surface area contributed by atoms with Crippen LogP contribution in [0.25, 0.3) is 11.1 Å². The molecule has 0 amide bonds. The summed E-state index contributed by atoms with van der Waals surface area (Å²) >= 11 is 0. The first kappa shape index (κ1) is 14.1. The zero-order valence-electron chi connectivity index (χ0n) is 12.1. The molecule has 0 unspecified atom stereocenters. The fourth-order valence-corrected chi connectivity index (χ4v) is 2.08. The van der Waals surface area contributed by atoms with Crippen LogP contribution in [0.15, 0.2) is 60.7 Å². The van der Waals surface area contributed by atoms with Crippen molar-refractivity contribution in [3.63, 3.8) is 0 Å². The highest BCUT2D eigenvalue weighted by Crippen LogP contribution is 2.26. The number of aromatic nitrogens is 1. The first-order chi connectivity index (χ1) is 10.6. The molecule has 22 heavy (non-hydrogen) atoms. The van der Waals surface area contributed by atoms with Crippen LogP contribution >= 0.6 is 0 Å². The van der Waals surface area contributed by atoms with Gasteiger partial charge in [-0.25, -0.2) is 9.37 Å². The molecule has 3 aromatic rings. The number of aryl methyl sites for hydroxylation is 1. The first-order valence-corrected chi connectivity index (χ1v) is 6.89. The standard InChI is InChI=1S/C18H15FN2O/c1-12-17(20)10-11-18(21-12)22-16-8-4-14(5-9-16)13-2-6-15(19)7-3-13/h2-11H,20H2,1H3. The van der Waals surface area contributed by atoms with E-state index in [0.717, 1.165) is 16.8 Å². The van der Waals surface area contributed by atoms with Crippen molar-refractivity contribution >= 4 is 5.69 Å². The van der Waals surface area contributed by atoms with Crippen molar-refractivity contribution in [2.24, 2.45) is 0 Å². The van der Waals surface area contributed by atoms with Crippen molar-refractivity contribution in [2.45, 2.75) is 6.92 Å². The lowest BCUT2D eigenvalue weighted by molar-refractivity contribution is 0.462. The van der Waals surface area contributed by atoms with Crippen molar-refractivity contribution in [1.82, 2.24) is 4.98 Å². The third-order valence-corrected chi connectivity index (χ3v) is 3.36. The molecule has 0 radical (unpaired) electrons. The van der Waals surface area contributed by atoms with Gasteiger partial charge in [-0.1, -0.05) is 24.3 Å². The maximum absolute atomic E-state index is 12.9. The maximum atomic E-state index is 12.9. The maximum Gasteiger partial charge on any atom is 0.219 e. The lowest BCUT2D eigenvalue weighted by Gasteiger charge is -2.08. The van der Waals surface area contributed by atoms with Crippen LogP contribution in [0.2, 0.25) is 0 Å². The van der Waals surface area contributed by atoms with Gasteiger partial charge in [0, 0.05) is 6.07 Å². The first-order valence-electron chi connectivity index (χ1n) is 6.89. The molecule has 1 heterocycles. The van der Waals surface area contributed by atoms with Crippen LogP contribution in [0.1, 0.15) is 5.69 Å². The van der Waals surface area contributed by atoms with Crippen molar-refractivity contribution < 1.29 is 9.13 Å². The summed E-state index contributed by atoms with van der Waals surface area (Å²) in [4.78, 5) is 4.27. The van der Waals surface area contributed by atoms with E-state index in [1.54, 1.807) is 24.3 Å². The number of ether oxygens (including phenoxy) is 1. The van der Waals surface area contributed by atoms with Gasteiger partial charge in [0.05, 0.1) is 11.4 Å². The summed E-state index contributed by atoms with van der Waals surface area (Å²) in [5, 5.41) is 0. The second-order valence-corrected chi connectivity index (χ2v) is 4.96. The lowest BCUT2D eigenvalue weighted by atomic mass is 10.1. The quantitative estimate of drug-likeness (QED) is 0.769. The number of benzene rings is 2. The van der Waals surface area contributed by atoms with E-state index >= 15 is 0 Å². The topological polar surface area (TPSA) is 48.1 Å². The molecule has 0 atom stereocenters. The van der Waals surface area contributed by atoms with E-state index in [1.165, 1.54) is 12.1 Å². The van der Waals surface area contributed by atoms with Crippen LogP contribution in [-0.4, -0.2) is 4.98 Å². The van der Waals surface area contributed by atoms with Crippen LogP contribution in [0, 0.1) is 12.7 Å². The molecule has 0 saturated heterocycles. The van der Waals surface area contributed by atoms with Gasteiger partial charge in [-0.3, -0.25) is 0 Å². The molecule has 2 N–H and O–H groups in total. The van der Waals surface area contributed by atoms with E-state index in [9.17, 15) is 4.39 Å². The fraction of sp³-hybridized carbons (Fsp3) is 0.0556. The number of hydrogen-bond acceptors (Lipinski definition) is 3. The number of nitrogen functional groups attached to an aromatic ring is 1. The van der Waals surface area contributed by atoms with Crippen molar-refractivity contribution in [3.05, 3.63) is 72.2 Å². The molecule has 0 aliphatic carbocycles. The Hall–Kier alpha value is -2.88. The van der Waals surface area contributed by atoms with Gasteiger partial charge in [0.2, 0.25) is 5.88 Å². The summed E-state index contributed by atoms with van der Waals surface area (Å²) in [6.45, 7) is 1.83. The minimum atomic E-state index is -0.242. The Morgan fingerprint density at radius 2 is 1.45 bits per heavy atom. The lowest BCUT2D eigenvalue weighted by Crippen LogP contribution is -1.95. The summed E-state index contributed by atoms with van der Waals surface area (Å²) in [6, 6.07) is 17.4. The van der Waals surface area contributed by atoms with Crippen molar-refractivity contribution in [2.75, 3.05) is 5.73 Å². The highest BCUT2D eigenvalue weighted by molar-refractivity contribution is 5.64. The average Bonchev–Trinajstić information content (AvgIpc) is 2.53. The van der Waals surface area contributed by atoms with Crippen molar-refractivity contribution in [3.8, 4) is 22.8 Å². The minimum Gasteiger partial charge on any atom is -0.439 e. The number of nitrogens with zero attached hydrogens (tertiary/aromatic N) is 1. The van der Waals surface area contributed by atoms with Crippen LogP contribution in [0.5, 0.6) is 11.6 Å². The van der Waals surface area contributed by atoms with Crippen LogP contribution in [0.4, 0.5) is 10.1 Å². The Balaban J connectivity index is 1.79. The van der Waals surface area contributed by atoms with Crippen LogP contribution in [0.3, 0.4) is 0 Å². The van der Waals surface area contributed by atoms with E-state index in [2.05, 4.69) is 4.98 Å². The van der Waals surface area contributed by atoms with Gasteiger partial charge >= 0.3 is 0 Å². The number of anilines is 1. The summed E-state index contributed by atoms with van der Waals surface area (Å²) in [5.74, 6) is 0.942. The SMILES string of the molecule is Cc1nc(Oc2ccc(-c3ccc(F)cc3)cc2)ccc1N. The predicted molar refractivity (Wildman–Crippen MR) is 85.3 cm³/mol. The molecule has 0 spiro atoms. The van der Waals surface area contributed by atoms with Crippen LogP contribution < -0.4 is 10.5 Å². The Morgan fingerprint density at radius 1 is 0.864 bits per heavy atom. The van der Waals surface area contributed by atoms with E-state index in [1.807, 2.05) is 31.2 Å². The summed E-state index contributed by atoms with van der Waals surface area (Å²) in [5.41, 5.74) is 9.05. The molecule has 3 nitrogen and oxygen atoms in total. The summed E-state index contributed by atoms with van der Waals surface area (Å²) in [6.07, 6.45) is 0. The van der Waals surface area contributed by atoms with Gasteiger partial charge in [-0.15, -0.1) is 0 Å². The largest absolute Gasteiger partial charge is 0.439 e. The molecule has 110 valence electrons. The van der Waals surface area contributed by atoms with Gasteiger partial charge in [-0.05, 0) is 48.4 Å². The van der Waals surface area contributed by atoms with Gasteiger partial charge in [-0.2, -0.15) is 0 Å². The Bertz CT molecular complexity index is 783. The Labute approximate surface area is 128 Å². The molecule has 0 aliphatic rings. The van der Waals surface area contributed by atoms with E-state index in [4.69, 9.17) is 10.5 Å². The monoisotopic (exact) mass is 294 g/mol. The summed E-state index contributed by atoms with van der Waals surface area (Å²) < 4.78 is 18.6. The normalized spacial score (nSPS) is 10.5. The fourth-order valence-electron chi connectivity index (χ4n) is 2.08. The molecule has 1 aromatic heterocycles. The molecule has 4 heteroatoms. The molecular weight excluding hydrogens is 279 g/mol. The number of nitrogens with two attached hydrogens (primary N) is 1. The third-order valence-electron chi connectivity index (χ3n) is 3.36. The smallest absolute Gasteiger partial charge is 0.219 e.